The molecule has 0 radical (unpaired) electrons. The Morgan fingerprint density at radius 3 is 3.00 bits per heavy atom. The summed E-state index contributed by atoms with van der Waals surface area (Å²) in [5.41, 5.74) is 1.13. The number of amides is 1. The molecular formula is C11H15NO2. The lowest BCUT2D eigenvalue weighted by Gasteiger charge is -2.27. The van der Waals surface area contributed by atoms with Crippen LogP contribution in [-0.4, -0.2) is 11.4 Å². The molecule has 14 heavy (non-hydrogen) atoms. The van der Waals surface area contributed by atoms with Crippen LogP contribution < -0.4 is 5.32 Å². The summed E-state index contributed by atoms with van der Waals surface area (Å²) < 4.78 is 5.03. The van der Waals surface area contributed by atoms with Gasteiger partial charge in [-0.25, -0.2) is 0 Å². The molecule has 1 aliphatic rings. The van der Waals surface area contributed by atoms with E-state index in [4.69, 9.17) is 4.42 Å². The number of furan rings is 1. The SMILES string of the molecule is CCC1(Cc2ccoc2)CCC(=O)N1. The van der Waals surface area contributed by atoms with Crippen molar-refractivity contribution in [3.05, 3.63) is 24.2 Å². The summed E-state index contributed by atoms with van der Waals surface area (Å²) in [7, 11) is 0. The average molecular weight is 193 g/mol. The van der Waals surface area contributed by atoms with Gasteiger partial charge in [0.15, 0.2) is 0 Å². The van der Waals surface area contributed by atoms with Gasteiger partial charge >= 0.3 is 0 Å². The van der Waals surface area contributed by atoms with E-state index in [2.05, 4.69) is 12.2 Å². The molecule has 1 unspecified atom stereocenters. The molecule has 3 nitrogen and oxygen atoms in total. The standard InChI is InChI=1S/C11H15NO2/c1-2-11(5-3-10(13)12-11)7-9-4-6-14-8-9/h4,6,8H,2-3,5,7H2,1H3,(H,12,13). The second-order valence-electron chi connectivity index (χ2n) is 3.99. The summed E-state index contributed by atoms with van der Waals surface area (Å²) in [6.45, 7) is 2.12. The van der Waals surface area contributed by atoms with Crippen LogP contribution in [0.1, 0.15) is 31.7 Å². The summed E-state index contributed by atoms with van der Waals surface area (Å²) >= 11 is 0. The van der Waals surface area contributed by atoms with E-state index in [0.717, 1.165) is 24.8 Å². The van der Waals surface area contributed by atoms with Gasteiger partial charge in [0.25, 0.3) is 0 Å². The number of rotatable bonds is 3. The second kappa shape index (κ2) is 3.48. The first-order valence-corrected chi connectivity index (χ1v) is 5.06. The lowest BCUT2D eigenvalue weighted by atomic mass is 9.88. The van der Waals surface area contributed by atoms with Crippen molar-refractivity contribution < 1.29 is 9.21 Å². The summed E-state index contributed by atoms with van der Waals surface area (Å²) in [6, 6.07) is 1.96. The van der Waals surface area contributed by atoms with Gasteiger partial charge in [0.2, 0.25) is 5.91 Å². The third-order valence-corrected chi connectivity index (χ3v) is 3.03. The molecule has 1 aromatic heterocycles. The maximum atomic E-state index is 11.2. The summed E-state index contributed by atoms with van der Waals surface area (Å²) in [5.74, 6) is 0.176. The minimum atomic E-state index is -0.0268. The fraction of sp³-hybridized carbons (Fsp3) is 0.545. The van der Waals surface area contributed by atoms with E-state index < -0.39 is 0 Å². The zero-order chi connectivity index (χ0) is 10.0. The van der Waals surface area contributed by atoms with Crippen LogP contribution >= 0.6 is 0 Å². The van der Waals surface area contributed by atoms with Gasteiger partial charge in [0.1, 0.15) is 0 Å². The molecule has 0 spiro atoms. The minimum absolute atomic E-state index is 0.0268. The Hall–Kier alpha value is -1.25. The smallest absolute Gasteiger partial charge is 0.220 e. The topological polar surface area (TPSA) is 42.2 Å². The van der Waals surface area contributed by atoms with Crippen molar-refractivity contribution in [2.24, 2.45) is 0 Å². The zero-order valence-corrected chi connectivity index (χ0v) is 8.38. The Morgan fingerprint density at radius 1 is 1.64 bits per heavy atom. The Morgan fingerprint density at radius 2 is 2.50 bits per heavy atom. The van der Waals surface area contributed by atoms with Crippen molar-refractivity contribution >= 4 is 5.91 Å². The van der Waals surface area contributed by atoms with Gasteiger partial charge in [-0.2, -0.15) is 0 Å². The minimum Gasteiger partial charge on any atom is -0.472 e. The van der Waals surface area contributed by atoms with Crippen LogP contribution in [-0.2, 0) is 11.2 Å². The van der Waals surface area contributed by atoms with Gasteiger partial charge < -0.3 is 9.73 Å². The first-order valence-electron chi connectivity index (χ1n) is 5.06. The lowest BCUT2D eigenvalue weighted by molar-refractivity contribution is -0.119. The zero-order valence-electron chi connectivity index (χ0n) is 8.38. The van der Waals surface area contributed by atoms with Crippen LogP contribution in [0.25, 0.3) is 0 Å². The highest BCUT2D eigenvalue weighted by atomic mass is 16.3. The number of carbonyl (C=O) groups is 1. The quantitative estimate of drug-likeness (QED) is 0.796. The molecule has 1 amide bonds. The maximum absolute atomic E-state index is 11.2. The van der Waals surface area contributed by atoms with Gasteiger partial charge in [-0.15, -0.1) is 0 Å². The molecule has 0 saturated carbocycles. The molecular weight excluding hydrogens is 178 g/mol. The molecule has 2 rings (SSSR count). The van der Waals surface area contributed by atoms with Gasteiger partial charge in [0, 0.05) is 12.0 Å². The van der Waals surface area contributed by atoms with Gasteiger partial charge in [0.05, 0.1) is 12.5 Å². The summed E-state index contributed by atoms with van der Waals surface area (Å²) in [4.78, 5) is 11.2. The average Bonchev–Trinajstić information content (AvgIpc) is 2.77. The van der Waals surface area contributed by atoms with E-state index in [1.54, 1.807) is 12.5 Å². The van der Waals surface area contributed by atoms with Crippen molar-refractivity contribution in [2.45, 2.75) is 38.1 Å². The highest BCUT2D eigenvalue weighted by Gasteiger charge is 2.36. The lowest BCUT2D eigenvalue weighted by Crippen LogP contribution is -2.42. The highest BCUT2D eigenvalue weighted by Crippen LogP contribution is 2.27. The molecule has 1 N–H and O–H groups in total. The predicted molar refractivity (Wildman–Crippen MR) is 52.8 cm³/mol. The van der Waals surface area contributed by atoms with Crippen LogP contribution in [0.15, 0.2) is 23.0 Å². The fourth-order valence-corrected chi connectivity index (χ4v) is 2.08. The van der Waals surface area contributed by atoms with E-state index in [9.17, 15) is 4.79 Å². The Bertz CT molecular complexity index is 318. The van der Waals surface area contributed by atoms with Crippen LogP contribution in [0, 0.1) is 0 Å². The van der Waals surface area contributed by atoms with Crippen molar-refractivity contribution in [2.75, 3.05) is 0 Å². The molecule has 2 heterocycles. The van der Waals surface area contributed by atoms with Crippen molar-refractivity contribution in [1.82, 2.24) is 5.32 Å². The van der Waals surface area contributed by atoms with Gasteiger partial charge in [-0.1, -0.05) is 6.92 Å². The summed E-state index contributed by atoms with van der Waals surface area (Å²) in [5, 5.41) is 3.07. The number of carbonyl (C=O) groups excluding carboxylic acids is 1. The molecule has 1 aliphatic heterocycles. The molecule has 76 valence electrons. The van der Waals surface area contributed by atoms with Crippen molar-refractivity contribution in [3.63, 3.8) is 0 Å². The fourth-order valence-electron chi connectivity index (χ4n) is 2.08. The third-order valence-electron chi connectivity index (χ3n) is 3.03. The number of hydrogen-bond acceptors (Lipinski definition) is 2. The monoisotopic (exact) mass is 193 g/mol. The maximum Gasteiger partial charge on any atom is 0.220 e. The molecule has 1 fully saturated rings. The first kappa shape index (κ1) is 9.31. The van der Waals surface area contributed by atoms with Crippen molar-refractivity contribution in [3.8, 4) is 0 Å². The molecule has 0 bridgehead atoms. The van der Waals surface area contributed by atoms with E-state index in [1.165, 1.54) is 0 Å². The molecule has 1 aromatic rings. The van der Waals surface area contributed by atoms with Crippen LogP contribution in [0.4, 0.5) is 0 Å². The van der Waals surface area contributed by atoms with Crippen LogP contribution in [0.2, 0.25) is 0 Å². The molecule has 1 saturated heterocycles. The summed E-state index contributed by atoms with van der Waals surface area (Å²) in [6.07, 6.45) is 6.88. The molecule has 1 atom stereocenters. The van der Waals surface area contributed by atoms with Gasteiger partial charge in [-0.3, -0.25) is 4.79 Å². The highest BCUT2D eigenvalue weighted by molar-refractivity contribution is 5.79. The Kier molecular flexibility index (Phi) is 2.32. The van der Waals surface area contributed by atoms with Crippen molar-refractivity contribution in [1.29, 1.82) is 0 Å². The molecule has 3 heteroatoms. The number of nitrogens with one attached hydrogen (secondary N) is 1. The van der Waals surface area contributed by atoms with Gasteiger partial charge in [-0.05, 0) is 30.9 Å². The first-order chi connectivity index (χ1) is 6.74. The van der Waals surface area contributed by atoms with E-state index in [0.29, 0.717) is 6.42 Å². The van der Waals surface area contributed by atoms with E-state index in [1.807, 2.05) is 6.07 Å². The Balaban J connectivity index is 2.10. The predicted octanol–water partition coefficient (Wildman–Crippen LogP) is 1.88. The molecule has 0 aromatic carbocycles. The second-order valence-corrected chi connectivity index (χ2v) is 3.99. The Labute approximate surface area is 83.5 Å². The normalized spacial score (nSPS) is 26.5. The van der Waals surface area contributed by atoms with Crippen LogP contribution in [0.3, 0.4) is 0 Å². The third kappa shape index (κ3) is 1.67. The van der Waals surface area contributed by atoms with E-state index in [-0.39, 0.29) is 11.4 Å². The van der Waals surface area contributed by atoms with Crippen LogP contribution in [0.5, 0.6) is 0 Å². The molecule has 0 aliphatic carbocycles. The van der Waals surface area contributed by atoms with E-state index >= 15 is 0 Å². The largest absolute Gasteiger partial charge is 0.472 e. The number of hydrogen-bond donors (Lipinski definition) is 1.